The highest BCUT2D eigenvalue weighted by molar-refractivity contribution is 5.27. The van der Waals surface area contributed by atoms with Gasteiger partial charge >= 0.3 is 0 Å². The van der Waals surface area contributed by atoms with Crippen molar-refractivity contribution >= 4 is 0 Å². The van der Waals surface area contributed by atoms with Crippen molar-refractivity contribution in [1.82, 2.24) is 9.88 Å². The van der Waals surface area contributed by atoms with Gasteiger partial charge in [-0.3, -0.25) is 0 Å². The standard InChI is InChI=1S/C16H22N2O/c1-4-14-7-8-15(18(14)2)12-17-11-13-5-9-16(19-3)10-6-13/h5-10,17H,4,11-12H2,1-3H3. The van der Waals surface area contributed by atoms with Gasteiger partial charge < -0.3 is 14.6 Å². The van der Waals surface area contributed by atoms with Crippen molar-refractivity contribution in [3.63, 3.8) is 0 Å². The van der Waals surface area contributed by atoms with E-state index >= 15 is 0 Å². The lowest BCUT2D eigenvalue weighted by Crippen LogP contribution is -2.15. The van der Waals surface area contributed by atoms with E-state index in [0.717, 1.165) is 25.3 Å². The minimum Gasteiger partial charge on any atom is -0.497 e. The van der Waals surface area contributed by atoms with Gasteiger partial charge in [-0.2, -0.15) is 0 Å². The Bertz CT molecular complexity index is 514. The molecule has 0 saturated heterocycles. The molecule has 1 heterocycles. The van der Waals surface area contributed by atoms with E-state index in [1.807, 2.05) is 12.1 Å². The molecule has 1 aromatic carbocycles. The van der Waals surface area contributed by atoms with Crippen molar-refractivity contribution in [2.75, 3.05) is 7.11 Å². The molecule has 0 amide bonds. The third-order valence-corrected chi connectivity index (χ3v) is 3.49. The van der Waals surface area contributed by atoms with Crippen LogP contribution in [0.3, 0.4) is 0 Å². The van der Waals surface area contributed by atoms with E-state index in [4.69, 9.17) is 4.74 Å². The Morgan fingerprint density at radius 3 is 2.26 bits per heavy atom. The molecule has 2 aromatic rings. The van der Waals surface area contributed by atoms with Gasteiger partial charge in [0, 0.05) is 31.5 Å². The molecule has 3 nitrogen and oxygen atoms in total. The maximum atomic E-state index is 5.15. The van der Waals surface area contributed by atoms with Crippen molar-refractivity contribution in [3.8, 4) is 5.75 Å². The monoisotopic (exact) mass is 258 g/mol. The molecule has 0 atom stereocenters. The molecule has 0 spiro atoms. The smallest absolute Gasteiger partial charge is 0.118 e. The molecular weight excluding hydrogens is 236 g/mol. The van der Waals surface area contributed by atoms with E-state index in [9.17, 15) is 0 Å². The fourth-order valence-corrected chi connectivity index (χ4v) is 2.21. The summed E-state index contributed by atoms with van der Waals surface area (Å²) in [4.78, 5) is 0. The first-order valence-electron chi connectivity index (χ1n) is 6.71. The second kappa shape index (κ2) is 6.43. The summed E-state index contributed by atoms with van der Waals surface area (Å²) >= 11 is 0. The summed E-state index contributed by atoms with van der Waals surface area (Å²) in [7, 11) is 3.82. The molecule has 19 heavy (non-hydrogen) atoms. The van der Waals surface area contributed by atoms with Gasteiger partial charge in [-0.25, -0.2) is 0 Å². The third kappa shape index (κ3) is 3.38. The third-order valence-electron chi connectivity index (χ3n) is 3.49. The molecule has 0 bridgehead atoms. The Morgan fingerprint density at radius 1 is 1.00 bits per heavy atom. The number of nitrogens with one attached hydrogen (secondary N) is 1. The van der Waals surface area contributed by atoms with E-state index in [2.05, 4.69) is 48.1 Å². The normalized spacial score (nSPS) is 10.7. The highest BCUT2D eigenvalue weighted by Crippen LogP contribution is 2.11. The zero-order valence-corrected chi connectivity index (χ0v) is 11.9. The lowest BCUT2D eigenvalue weighted by molar-refractivity contribution is 0.414. The number of nitrogens with zero attached hydrogens (tertiary/aromatic N) is 1. The van der Waals surface area contributed by atoms with Crippen LogP contribution in [-0.2, 0) is 26.6 Å². The first-order valence-corrected chi connectivity index (χ1v) is 6.71. The molecule has 0 fully saturated rings. The molecule has 0 aliphatic rings. The van der Waals surface area contributed by atoms with Crippen LogP contribution in [0.5, 0.6) is 5.75 Å². The fraction of sp³-hybridized carbons (Fsp3) is 0.375. The van der Waals surface area contributed by atoms with Gasteiger partial charge in [-0.1, -0.05) is 19.1 Å². The van der Waals surface area contributed by atoms with E-state index in [-0.39, 0.29) is 0 Å². The van der Waals surface area contributed by atoms with E-state index in [1.165, 1.54) is 17.0 Å². The number of ether oxygens (including phenoxy) is 1. The van der Waals surface area contributed by atoms with Crippen LogP contribution in [0.4, 0.5) is 0 Å². The maximum absolute atomic E-state index is 5.15. The number of aromatic nitrogens is 1. The van der Waals surface area contributed by atoms with Crippen molar-refractivity contribution in [2.24, 2.45) is 7.05 Å². The maximum Gasteiger partial charge on any atom is 0.118 e. The number of hydrogen-bond acceptors (Lipinski definition) is 2. The minimum atomic E-state index is 0.872. The Balaban J connectivity index is 1.87. The molecule has 3 heteroatoms. The second-order valence-corrected chi connectivity index (χ2v) is 4.68. The highest BCUT2D eigenvalue weighted by Gasteiger charge is 2.02. The first kappa shape index (κ1) is 13.7. The summed E-state index contributed by atoms with van der Waals surface area (Å²) in [5.41, 5.74) is 3.97. The van der Waals surface area contributed by atoms with Crippen LogP contribution in [0.2, 0.25) is 0 Å². The number of hydrogen-bond donors (Lipinski definition) is 1. The molecular formula is C16H22N2O. The fourth-order valence-electron chi connectivity index (χ4n) is 2.21. The van der Waals surface area contributed by atoms with Crippen LogP contribution in [-0.4, -0.2) is 11.7 Å². The van der Waals surface area contributed by atoms with Gasteiger partial charge in [0.2, 0.25) is 0 Å². The number of aryl methyl sites for hydroxylation is 1. The van der Waals surface area contributed by atoms with Crippen molar-refractivity contribution in [1.29, 1.82) is 0 Å². The lowest BCUT2D eigenvalue weighted by atomic mass is 10.2. The van der Waals surface area contributed by atoms with Crippen LogP contribution in [0.15, 0.2) is 36.4 Å². The van der Waals surface area contributed by atoms with Gasteiger partial charge in [0.25, 0.3) is 0 Å². The minimum absolute atomic E-state index is 0.872. The summed E-state index contributed by atoms with van der Waals surface area (Å²) < 4.78 is 7.41. The van der Waals surface area contributed by atoms with Crippen molar-refractivity contribution in [3.05, 3.63) is 53.3 Å². The van der Waals surface area contributed by atoms with E-state index in [0.29, 0.717) is 0 Å². The molecule has 0 aliphatic carbocycles. The average molecular weight is 258 g/mol. The molecule has 0 radical (unpaired) electrons. The topological polar surface area (TPSA) is 26.2 Å². The van der Waals surface area contributed by atoms with Gasteiger partial charge in [0.15, 0.2) is 0 Å². The van der Waals surface area contributed by atoms with Gasteiger partial charge in [-0.15, -0.1) is 0 Å². The number of rotatable bonds is 6. The average Bonchev–Trinajstić information content (AvgIpc) is 2.80. The van der Waals surface area contributed by atoms with Crippen LogP contribution >= 0.6 is 0 Å². The summed E-state index contributed by atoms with van der Waals surface area (Å²) in [5, 5.41) is 3.47. The van der Waals surface area contributed by atoms with Crippen LogP contribution in [0.1, 0.15) is 23.9 Å². The lowest BCUT2D eigenvalue weighted by Gasteiger charge is -2.08. The predicted octanol–water partition coefficient (Wildman–Crippen LogP) is 2.89. The van der Waals surface area contributed by atoms with Gasteiger partial charge in [0.05, 0.1) is 7.11 Å². The summed E-state index contributed by atoms with van der Waals surface area (Å²) in [5.74, 6) is 0.902. The van der Waals surface area contributed by atoms with E-state index in [1.54, 1.807) is 7.11 Å². The SMILES string of the molecule is CCc1ccc(CNCc2ccc(OC)cc2)n1C. The van der Waals surface area contributed by atoms with Gasteiger partial charge in [0.1, 0.15) is 5.75 Å². The second-order valence-electron chi connectivity index (χ2n) is 4.68. The molecule has 1 aromatic heterocycles. The van der Waals surface area contributed by atoms with Crippen LogP contribution < -0.4 is 10.1 Å². The summed E-state index contributed by atoms with van der Waals surface area (Å²) in [6, 6.07) is 12.6. The largest absolute Gasteiger partial charge is 0.497 e. The zero-order valence-electron chi connectivity index (χ0n) is 11.9. The Kier molecular flexibility index (Phi) is 4.63. The number of benzene rings is 1. The predicted molar refractivity (Wildman–Crippen MR) is 78.3 cm³/mol. The quantitative estimate of drug-likeness (QED) is 0.862. The molecule has 0 unspecified atom stereocenters. The van der Waals surface area contributed by atoms with Crippen molar-refractivity contribution < 1.29 is 4.74 Å². The summed E-state index contributed by atoms with van der Waals surface area (Å²) in [6.45, 7) is 3.95. The molecule has 2 rings (SSSR count). The van der Waals surface area contributed by atoms with Crippen LogP contribution in [0.25, 0.3) is 0 Å². The summed E-state index contributed by atoms with van der Waals surface area (Å²) in [6.07, 6.45) is 1.08. The van der Waals surface area contributed by atoms with Crippen LogP contribution in [0, 0.1) is 0 Å². The van der Waals surface area contributed by atoms with Gasteiger partial charge in [-0.05, 0) is 36.2 Å². The first-order chi connectivity index (χ1) is 9.24. The molecule has 102 valence electrons. The zero-order chi connectivity index (χ0) is 13.7. The highest BCUT2D eigenvalue weighted by atomic mass is 16.5. The Hall–Kier alpha value is -1.74. The van der Waals surface area contributed by atoms with E-state index < -0.39 is 0 Å². The Labute approximate surface area is 115 Å². The molecule has 0 aliphatic heterocycles. The molecule has 1 N–H and O–H groups in total. The molecule has 0 saturated carbocycles. The Morgan fingerprint density at radius 2 is 1.68 bits per heavy atom. The number of methoxy groups -OCH3 is 1. The van der Waals surface area contributed by atoms with Crippen molar-refractivity contribution in [2.45, 2.75) is 26.4 Å².